The second kappa shape index (κ2) is 9.06. The molecule has 0 amide bonds. The van der Waals surface area contributed by atoms with E-state index in [2.05, 4.69) is 40.6 Å². The van der Waals surface area contributed by atoms with Crippen LogP contribution in [0.4, 0.5) is 5.69 Å². The third kappa shape index (κ3) is 4.15. The van der Waals surface area contributed by atoms with E-state index in [0.29, 0.717) is 5.56 Å². The highest BCUT2D eigenvalue weighted by Crippen LogP contribution is 2.34. The number of pyridine rings is 1. The number of nitrogens with one attached hydrogen (secondary N) is 1. The maximum Gasteiger partial charge on any atom is 0.123 e. The van der Waals surface area contributed by atoms with Gasteiger partial charge in [0.25, 0.3) is 0 Å². The molecular weight excluding hydrogens is 428 g/mol. The van der Waals surface area contributed by atoms with E-state index in [1.807, 2.05) is 35.3 Å². The van der Waals surface area contributed by atoms with Gasteiger partial charge >= 0.3 is 0 Å². The van der Waals surface area contributed by atoms with E-state index in [1.165, 1.54) is 0 Å². The van der Waals surface area contributed by atoms with Gasteiger partial charge in [0.15, 0.2) is 0 Å². The minimum absolute atomic E-state index is 0.170. The highest BCUT2D eigenvalue weighted by Gasteiger charge is 2.24. The summed E-state index contributed by atoms with van der Waals surface area (Å²) in [6.45, 7) is 4.17. The summed E-state index contributed by atoms with van der Waals surface area (Å²) in [6, 6.07) is 10.3. The quantitative estimate of drug-likeness (QED) is 0.433. The summed E-state index contributed by atoms with van der Waals surface area (Å²) in [6.07, 6.45) is 10.1. The Balaban J connectivity index is 1.48. The lowest BCUT2D eigenvalue weighted by Gasteiger charge is -2.24. The molecule has 0 aliphatic heterocycles. The lowest BCUT2D eigenvalue weighted by molar-refractivity contribution is -0.112. The van der Waals surface area contributed by atoms with Crippen LogP contribution < -0.4 is 5.32 Å². The average molecular weight is 455 g/mol. The van der Waals surface area contributed by atoms with Crippen LogP contribution in [0.3, 0.4) is 0 Å². The fraction of sp³-hybridized carbons (Fsp3) is 0.360. The average Bonchev–Trinajstić information content (AvgIpc) is 3.51. The molecule has 9 nitrogen and oxygen atoms in total. The largest absolute Gasteiger partial charge is 0.382 e. The summed E-state index contributed by atoms with van der Waals surface area (Å²) in [5.41, 5.74) is 5.52. The Morgan fingerprint density at radius 3 is 2.71 bits per heavy atom. The number of rotatable bonds is 6. The molecule has 5 rings (SSSR count). The van der Waals surface area contributed by atoms with Crippen molar-refractivity contribution in [3.63, 3.8) is 0 Å². The first-order valence-electron chi connectivity index (χ1n) is 11.6. The molecule has 0 spiro atoms. The monoisotopic (exact) mass is 454 g/mol. The normalized spacial score (nSPS) is 18.2. The van der Waals surface area contributed by atoms with Gasteiger partial charge in [-0.1, -0.05) is 5.21 Å². The van der Waals surface area contributed by atoms with Gasteiger partial charge in [-0.05, 0) is 63.8 Å². The topological polar surface area (TPSA) is 114 Å². The molecule has 0 bridgehead atoms. The van der Waals surface area contributed by atoms with E-state index >= 15 is 0 Å². The van der Waals surface area contributed by atoms with Gasteiger partial charge in [-0.2, -0.15) is 10.4 Å². The molecule has 4 aromatic rings. The number of carbonyl (C=O) groups is 1. The van der Waals surface area contributed by atoms with Gasteiger partial charge in [0, 0.05) is 29.4 Å². The van der Waals surface area contributed by atoms with Crippen molar-refractivity contribution in [2.24, 2.45) is 5.92 Å². The molecule has 4 aromatic heterocycles. The first-order valence-corrected chi connectivity index (χ1v) is 11.6. The fourth-order valence-corrected chi connectivity index (χ4v) is 4.57. The number of hydrogen-bond acceptors (Lipinski definition) is 7. The van der Waals surface area contributed by atoms with E-state index in [1.54, 1.807) is 16.8 Å². The molecule has 34 heavy (non-hydrogen) atoms. The molecule has 0 aromatic carbocycles. The highest BCUT2D eigenvalue weighted by atomic mass is 16.1. The van der Waals surface area contributed by atoms with Crippen molar-refractivity contribution in [1.29, 1.82) is 5.26 Å². The Labute approximate surface area is 197 Å². The molecule has 0 saturated heterocycles. The van der Waals surface area contributed by atoms with Crippen LogP contribution in [-0.4, -0.2) is 41.9 Å². The second-order valence-corrected chi connectivity index (χ2v) is 9.11. The zero-order chi connectivity index (χ0) is 23.7. The molecule has 172 valence electrons. The third-order valence-corrected chi connectivity index (χ3v) is 6.33. The summed E-state index contributed by atoms with van der Waals surface area (Å²) >= 11 is 0. The minimum atomic E-state index is 0.170. The van der Waals surface area contributed by atoms with Gasteiger partial charge in [0.1, 0.15) is 18.0 Å². The van der Waals surface area contributed by atoms with Crippen molar-refractivity contribution in [3.05, 3.63) is 48.4 Å². The van der Waals surface area contributed by atoms with Gasteiger partial charge in [-0.25, -0.2) is 9.20 Å². The standard InChI is InChI=1S/C25H26N8O/c1-16(2)29-22-10-23(25-8-7-20-9-18(11-26)12-28-33(20)25)27-13-21(22)24-14-32(31-30-24)19-5-3-17(15-34)4-6-19/h7-10,12-17,19H,3-6H2,1-2H3,(H,27,29). The van der Waals surface area contributed by atoms with Crippen LogP contribution in [0, 0.1) is 17.2 Å². The summed E-state index contributed by atoms with van der Waals surface area (Å²) in [5.74, 6) is 0.170. The molecule has 9 heteroatoms. The van der Waals surface area contributed by atoms with Crippen molar-refractivity contribution in [2.45, 2.75) is 51.6 Å². The van der Waals surface area contributed by atoms with Gasteiger partial charge in [-0.15, -0.1) is 5.10 Å². The van der Waals surface area contributed by atoms with E-state index in [9.17, 15) is 4.79 Å². The Bertz CT molecular complexity index is 1370. The number of nitriles is 1. The van der Waals surface area contributed by atoms with Crippen LogP contribution in [-0.2, 0) is 4.79 Å². The number of nitrogens with zero attached hydrogens (tertiary/aromatic N) is 7. The van der Waals surface area contributed by atoms with Gasteiger partial charge in [0.2, 0.25) is 0 Å². The molecule has 1 aliphatic carbocycles. The molecule has 1 saturated carbocycles. The van der Waals surface area contributed by atoms with Crippen molar-refractivity contribution in [2.75, 3.05) is 5.32 Å². The maximum absolute atomic E-state index is 11.1. The molecule has 0 unspecified atom stereocenters. The van der Waals surface area contributed by atoms with Crippen molar-refractivity contribution in [1.82, 2.24) is 29.6 Å². The molecule has 1 N–H and O–H groups in total. The molecule has 0 radical (unpaired) electrons. The van der Waals surface area contributed by atoms with Crippen LogP contribution >= 0.6 is 0 Å². The van der Waals surface area contributed by atoms with E-state index < -0.39 is 0 Å². The lowest BCUT2D eigenvalue weighted by Crippen LogP contribution is -2.19. The fourth-order valence-electron chi connectivity index (χ4n) is 4.57. The van der Waals surface area contributed by atoms with E-state index in [0.717, 1.165) is 65.8 Å². The Kier molecular flexibility index (Phi) is 5.80. The van der Waals surface area contributed by atoms with Crippen LogP contribution in [0.15, 0.2) is 42.9 Å². The van der Waals surface area contributed by atoms with Crippen molar-refractivity contribution >= 4 is 17.5 Å². The number of anilines is 1. The van der Waals surface area contributed by atoms with Crippen LogP contribution in [0.25, 0.3) is 28.2 Å². The van der Waals surface area contributed by atoms with Gasteiger partial charge < -0.3 is 10.1 Å². The second-order valence-electron chi connectivity index (χ2n) is 9.11. The molecule has 4 heterocycles. The number of hydrogen-bond donors (Lipinski definition) is 1. The predicted molar refractivity (Wildman–Crippen MR) is 128 cm³/mol. The van der Waals surface area contributed by atoms with Crippen molar-refractivity contribution in [3.8, 4) is 28.7 Å². The van der Waals surface area contributed by atoms with Crippen LogP contribution in [0.1, 0.15) is 51.1 Å². The number of aldehydes is 1. The van der Waals surface area contributed by atoms with Crippen LogP contribution in [0.5, 0.6) is 0 Å². The third-order valence-electron chi connectivity index (χ3n) is 6.33. The van der Waals surface area contributed by atoms with Gasteiger partial charge in [-0.3, -0.25) is 4.98 Å². The van der Waals surface area contributed by atoms with Gasteiger partial charge in [0.05, 0.1) is 40.9 Å². The maximum atomic E-state index is 11.1. The Morgan fingerprint density at radius 2 is 1.97 bits per heavy atom. The molecule has 1 aliphatic rings. The first kappa shape index (κ1) is 21.8. The SMILES string of the molecule is CC(C)Nc1cc(-c2ccc3cc(C#N)cnn23)ncc1-c1cn(C2CCC(C=O)CC2)nn1. The van der Waals surface area contributed by atoms with Crippen LogP contribution in [0.2, 0.25) is 0 Å². The Hall–Kier alpha value is -4.06. The minimum Gasteiger partial charge on any atom is -0.382 e. The number of fused-ring (bicyclic) bond motifs is 1. The Morgan fingerprint density at radius 1 is 1.15 bits per heavy atom. The lowest BCUT2D eigenvalue weighted by atomic mass is 9.87. The number of aromatic nitrogens is 6. The summed E-state index contributed by atoms with van der Waals surface area (Å²) < 4.78 is 3.72. The molecule has 0 atom stereocenters. The van der Waals surface area contributed by atoms with Crippen molar-refractivity contribution < 1.29 is 4.79 Å². The summed E-state index contributed by atoms with van der Waals surface area (Å²) in [5, 5.41) is 25.9. The number of carbonyl (C=O) groups excluding carboxylic acids is 1. The first-order chi connectivity index (χ1) is 16.6. The van der Waals surface area contributed by atoms with E-state index in [-0.39, 0.29) is 18.0 Å². The molecular formula is C25H26N8O. The summed E-state index contributed by atoms with van der Waals surface area (Å²) in [4.78, 5) is 15.8. The zero-order valence-corrected chi connectivity index (χ0v) is 19.2. The van der Waals surface area contributed by atoms with E-state index in [4.69, 9.17) is 10.2 Å². The predicted octanol–water partition coefficient (Wildman–Crippen LogP) is 4.28. The summed E-state index contributed by atoms with van der Waals surface area (Å²) in [7, 11) is 0. The highest BCUT2D eigenvalue weighted by molar-refractivity contribution is 5.78. The molecule has 1 fully saturated rings. The smallest absolute Gasteiger partial charge is 0.123 e. The zero-order valence-electron chi connectivity index (χ0n) is 19.2.